The van der Waals surface area contributed by atoms with Crippen molar-refractivity contribution in [1.29, 1.82) is 0 Å². The van der Waals surface area contributed by atoms with Gasteiger partial charge in [-0.25, -0.2) is 0 Å². The summed E-state index contributed by atoms with van der Waals surface area (Å²) in [5.41, 5.74) is -2.66. The predicted molar refractivity (Wildman–Crippen MR) is 159 cm³/mol. The number of ether oxygens (including phenoxy) is 1. The molecule has 1 heterocycles. The average Bonchev–Trinajstić information content (AvgIpc) is 2.94. The molecular weight excluding hydrogens is 496 g/mol. The lowest BCUT2D eigenvalue weighted by Crippen LogP contribution is -2.72. The first-order valence-corrected chi connectivity index (χ1v) is 19.4. The molecule has 1 N–H and O–H groups in total. The van der Waals surface area contributed by atoms with Crippen molar-refractivity contribution in [1.82, 2.24) is 0 Å². The van der Waals surface area contributed by atoms with Crippen LogP contribution in [0.3, 0.4) is 0 Å². The minimum Gasteiger partial charge on any atom is -0.411 e. The fraction of sp³-hybridized carbons (Fsp3) is 0.767. The molecule has 2 aliphatic rings. The number of hydrogen-bond acceptors (Lipinski definition) is 5. The van der Waals surface area contributed by atoms with E-state index in [1.807, 2.05) is 20.8 Å². The second-order valence-corrected chi connectivity index (χ2v) is 24.4. The number of Topliss-reactive ketones (excluding diaryl/α,β-unsaturated/α-hetero) is 1. The predicted octanol–water partition coefficient (Wildman–Crippen LogP) is 7.06. The van der Waals surface area contributed by atoms with E-state index in [-0.39, 0.29) is 22.5 Å². The molecule has 0 aromatic heterocycles. The minimum absolute atomic E-state index is 0.0625. The summed E-state index contributed by atoms with van der Waals surface area (Å²) in [6, 6.07) is 0. The van der Waals surface area contributed by atoms with Crippen LogP contribution >= 0.6 is 0 Å². The Kier molecular flexibility index (Phi) is 8.46. The lowest BCUT2D eigenvalue weighted by Gasteiger charge is -2.57. The highest BCUT2D eigenvalue weighted by Crippen LogP contribution is 2.60. The topological polar surface area (TPSA) is 65.0 Å². The van der Waals surface area contributed by atoms with Gasteiger partial charge < -0.3 is 18.7 Å². The van der Waals surface area contributed by atoms with Crippen LogP contribution in [0.25, 0.3) is 0 Å². The van der Waals surface area contributed by atoms with Crippen LogP contribution in [0.15, 0.2) is 37.5 Å². The van der Waals surface area contributed by atoms with Gasteiger partial charge in [-0.05, 0) is 50.1 Å². The van der Waals surface area contributed by atoms with E-state index >= 15 is 0 Å². The summed E-state index contributed by atoms with van der Waals surface area (Å²) < 4.78 is 20.8. The number of carbonyl (C=O) groups excluding carboxylic acids is 1. The molecule has 212 valence electrons. The van der Waals surface area contributed by atoms with E-state index in [1.54, 1.807) is 12.2 Å². The molecule has 5 nitrogen and oxygen atoms in total. The van der Waals surface area contributed by atoms with E-state index < -0.39 is 57.3 Å². The Bertz CT molecular complexity index is 933. The second kappa shape index (κ2) is 9.67. The molecule has 0 amide bonds. The summed E-state index contributed by atoms with van der Waals surface area (Å²) in [4.78, 5) is 14.6. The highest BCUT2D eigenvalue weighted by Gasteiger charge is 2.75. The van der Waals surface area contributed by atoms with Crippen molar-refractivity contribution in [2.24, 2.45) is 16.7 Å². The van der Waals surface area contributed by atoms with Crippen LogP contribution in [-0.4, -0.2) is 58.0 Å². The van der Waals surface area contributed by atoms with Gasteiger partial charge in [0.2, 0.25) is 0 Å². The quantitative estimate of drug-likeness (QED) is 0.246. The van der Waals surface area contributed by atoms with Crippen LogP contribution < -0.4 is 0 Å². The fourth-order valence-electron chi connectivity index (χ4n) is 5.36. The number of hydrogen-bond donors (Lipinski definition) is 1. The Morgan fingerprint density at radius 2 is 1.46 bits per heavy atom. The third-order valence-corrected chi connectivity index (χ3v) is 19.1. The number of carbonyl (C=O) groups is 1. The lowest BCUT2D eigenvalue weighted by atomic mass is 9.53. The molecule has 7 heteroatoms. The molecule has 0 unspecified atom stereocenters. The number of aliphatic hydroxyl groups is 1. The average molecular weight is 551 g/mol. The molecule has 0 aromatic rings. The van der Waals surface area contributed by atoms with Gasteiger partial charge in [-0.2, -0.15) is 0 Å². The Morgan fingerprint density at radius 1 is 1.03 bits per heavy atom. The zero-order valence-electron chi connectivity index (χ0n) is 25.9. The summed E-state index contributed by atoms with van der Waals surface area (Å²) in [5.74, 6) is -0.650. The van der Waals surface area contributed by atoms with Crippen molar-refractivity contribution in [2.75, 3.05) is 6.61 Å². The molecule has 1 aliphatic carbocycles. The molecule has 1 aliphatic heterocycles. The number of ketones is 1. The maximum atomic E-state index is 14.6. The zero-order valence-corrected chi connectivity index (χ0v) is 27.9. The summed E-state index contributed by atoms with van der Waals surface area (Å²) in [5, 5.41) is 11.9. The van der Waals surface area contributed by atoms with Crippen LogP contribution in [0.5, 0.6) is 0 Å². The van der Waals surface area contributed by atoms with Crippen LogP contribution in [-0.2, 0) is 18.4 Å². The molecule has 0 spiro atoms. The SMILES string of the molecule is C=CC(C)(C=C)[C@H](O)[C@@]12CO[C@@](C)(C1=O)[C@@H](O[Si](C)(C)C(C)(C)C)[C@H](O[Si](C)(C)C(C)(C)C)[C@@H]2C(=C)C. The van der Waals surface area contributed by atoms with Gasteiger partial charge in [-0.1, -0.05) is 72.8 Å². The van der Waals surface area contributed by atoms with Crippen molar-refractivity contribution in [3.05, 3.63) is 37.5 Å². The van der Waals surface area contributed by atoms with Crippen molar-refractivity contribution >= 4 is 22.4 Å². The molecular formula is C30H54O5Si2. The summed E-state index contributed by atoms with van der Waals surface area (Å²) >= 11 is 0. The highest BCUT2D eigenvalue weighted by molar-refractivity contribution is 6.74. The maximum Gasteiger partial charge on any atom is 0.192 e. The molecule has 6 atom stereocenters. The van der Waals surface area contributed by atoms with E-state index in [0.717, 1.165) is 5.57 Å². The van der Waals surface area contributed by atoms with Crippen molar-refractivity contribution in [3.8, 4) is 0 Å². The normalized spacial score (nSPS) is 32.3. The summed E-state index contributed by atoms with van der Waals surface area (Å²) in [7, 11) is -4.71. The monoisotopic (exact) mass is 550 g/mol. The molecule has 2 rings (SSSR count). The van der Waals surface area contributed by atoms with Crippen molar-refractivity contribution in [2.45, 2.75) is 122 Å². The molecule has 37 heavy (non-hydrogen) atoms. The number of aliphatic hydroxyl groups excluding tert-OH is 1. The number of rotatable bonds is 9. The molecule has 1 saturated carbocycles. The van der Waals surface area contributed by atoms with Gasteiger partial charge in [-0.15, -0.1) is 13.2 Å². The van der Waals surface area contributed by atoms with Gasteiger partial charge in [-0.3, -0.25) is 4.79 Å². The van der Waals surface area contributed by atoms with Crippen LogP contribution in [0, 0.1) is 16.7 Å². The minimum atomic E-state index is -2.36. The standard InChI is InChI=1S/C30H54O5Si2/c1-17-28(11,18-2)24(31)30-19-33-29(12,25(30)32)23(35-37(15,16)27(8,9)10)22(21(30)20(3)4)34-36(13,14)26(5,6)7/h17-18,21-24,31H,1-3,19H2,4-16H3/t21-,22+,23-,24-,29+,30-/m0/s1. The third-order valence-electron chi connectivity index (χ3n) is 10.2. The fourth-order valence-corrected chi connectivity index (χ4v) is 8.00. The van der Waals surface area contributed by atoms with Crippen LogP contribution in [0.2, 0.25) is 36.3 Å². The molecule has 2 fully saturated rings. The Balaban J connectivity index is 2.90. The third kappa shape index (κ3) is 4.98. The zero-order chi connectivity index (χ0) is 29.2. The van der Waals surface area contributed by atoms with Gasteiger partial charge in [0, 0.05) is 11.3 Å². The lowest BCUT2D eigenvalue weighted by molar-refractivity contribution is -0.175. The van der Waals surface area contributed by atoms with Gasteiger partial charge in [0.15, 0.2) is 28.0 Å². The van der Waals surface area contributed by atoms with Crippen LogP contribution in [0.1, 0.15) is 62.3 Å². The van der Waals surface area contributed by atoms with E-state index in [0.29, 0.717) is 0 Å². The first-order chi connectivity index (χ1) is 16.4. The van der Waals surface area contributed by atoms with E-state index in [1.165, 1.54) is 0 Å². The largest absolute Gasteiger partial charge is 0.411 e. The highest BCUT2D eigenvalue weighted by atomic mass is 28.4. The van der Waals surface area contributed by atoms with Crippen LogP contribution in [0.4, 0.5) is 0 Å². The van der Waals surface area contributed by atoms with E-state index in [9.17, 15) is 9.90 Å². The van der Waals surface area contributed by atoms with Crippen molar-refractivity contribution < 1.29 is 23.5 Å². The summed E-state index contributed by atoms with van der Waals surface area (Å²) in [6.45, 7) is 40.0. The molecule has 0 radical (unpaired) electrons. The second-order valence-electron chi connectivity index (χ2n) is 14.9. The van der Waals surface area contributed by atoms with E-state index in [4.69, 9.17) is 13.6 Å². The van der Waals surface area contributed by atoms with Gasteiger partial charge in [0.25, 0.3) is 0 Å². The molecule has 2 bridgehead atoms. The number of fused-ring (bicyclic) bond motifs is 2. The van der Waals surface area contributed by atoms with Gasteiger partial charge in [0.1, 0.15) is 6.10 Å². The molecule has 1 saturated heterocycles. The van der Waals surface area contributed by atoms with Crippen molar-refractivity contribution in [3.63, 3.8) is 0 Å². The summed E-state index contributed by atoms with van der Waals surface area (Å²) in [6.07, 6.45) is 1.08. The first-order valence-electron chi connectivity index (χ1n) is 13.5. The Labute approximate surface area is 229 Å². The smallest absolute Gasteiger partial charge is 0.192 e. The van der Waals surface area contributed by atoms with E-state index in [2.05, 4.69) is 87.5 Å². The first kappa shape index (κ1) is 32.4. The molecule has 0 aromatic carbocycles. The maximum absolute atomic E-state index is 14.6. The van der Waals surface area contributed by atoms with Gasteiger partial charge >= 0.3 is 0 Å². The Hall–Kier alpha value is -0.836. The Morgan fingerprint density at radius 3 is 1.84 bits per heavy atom. The van der Waals surface area contributed by atoms with Gasteiger partial charge in [0.05, 0.1) is 24.2 Å².